The maximum absolute atomic E-state index is 12.5. The molecule has 1 saturated heterocycles. The number of benzene rings is 1. The van der Waals surface area contributed by atoms with Crippen LogP contribution in [0.1, 0.15) is 12.8 Å². The molecule has 1 aromatic carbocycles. The summed E-state index contributed by atoms with van der Waals surface area (Å²) in [6, 6.07) is 4.48. The van der Waals surface area contributed by atoms with Crippen molar-refractivity contribution in [3.8, 4) is 0 Å². The van der Waals surface area contributed by atoms with Crippen molar-refractivity contribution in [3.63, 3.8) is 0 Å². The first-order valence-corrected chi connectivity index (χ1v) is 7.56. The number of hydrogen-bond donors (Lipinski definition) is 1. The zero-order valence-electron chi connectivity index (χ0n) is 11.8. The molecular formula is C14H13Cl2F3N2O2. The van der Waals surface area contributed by atoms with Gasteiger partial charge in [-0.25, -0.2) is 0 Å². The third-order valence-electron chi connectivity index (χ3n) is 3.51. The molecule has 0 aliphatic carbocycles. The van der Waals surface area contributed by atoms with Crippen molar-refractivity contribution in [1.82, 2.24) is 4.90 Å². The second-order valence-electron chi connectivity index (χ2n) is 5.21. The Morgan fingerprint density at radius 2 is 1.91 bits per heavy atom. The van der Waals surface area contributed by atoms with Crippen molar-refractivity contribution in [2.75, 3.05) is 18.4 Å². The maximum atomic E-state index is 12.5. The summed E-state index contributed by atoms with van der Waals surface area (Å²) in [5, 5.41) is 3.15. The summed E-state index contributed by atoms with van der Waals surface area (Å²) in [5.74, 6) is -3.07. The van der Waals surface area contributed by atoms with Crippen molar-refractivity contribution >= 4 is 40.7 Å². The monoisotopic (exact) mass is 368 g/mol. The highest BCUT2D eigenvalue weighted by Gasteiger charge is 2.44. The van der Waals surface area contributed by atoms with Gasteiger partial charge in [0.1, 0.15) is 0 Å². The second-order valence-corrected chi connectivity index (χ2v) is 6.02. The van der Waals surface area contributed by atoms with Gasteiger partial charge in [-0.2, -0.15) is 13.2 Å². The van der Waals surface area contributed by atoms with E-state index in [1.165, 1.54) is 18.2 Å². The molecule has 1 heterocycles. The molecule has 1 aliphatic rings. The SMILES string of the molecule is O=C(Nc1ccc(Cl)c(Cl)c1)C1CCCN(C(=O)C(F)(F)F)C1. The largest absolute Gasteiger partial charge is 0.471 e. The van der Waals surface area contributed by atoms with Crippen LogP contribution in [-0.4, -0.2) is 36.0 Å². The van der Waals surface area contributed by atoms with E-state index >= 15 is 0 Å². The minimum Gasteiger partial charge on any atom is -0.334 e. The lowest BCUT2D eigenvalue weighted by Crippen LogP contribution is -2.48. The fourth-order valence-corrected chi connectivity index (χ4v) is 2.67. The molecule has 1 unspecified atom stereocenters. The molecule has 0 radical (unpaired) electrons. The molecule has 9 heteroatoms. The maximum Gasteiger partial charge on any atom is 0.471 e. The minimum atomic E-state index is -4.93. The minimum absolute atomic E-state index is 0.00506. The summed E-state index contributed by atoms with van der Waals surface area (Å²) in [6.07, 6.45) is -4.18. The predicted molar refractivity (Wildman–Crippen MR) is 80.5 cm³/mol. The van der Waals surface area contributed by atoms with E-state index < -0.39 is 23.9 Å². The molecule has 1 aliphatic heterocycles. The van der Waals surface area contributed by atoms with Gasteiger partial charge in [0.15, 0.2) is 0 Å². The molecule has 0 spiro atoms. The smallest absolute Gasteiger partial charge is 0.334 e. The van der Waals surface area contributed by atoms with E-state index in [0.29, 0.717) is 28.5 Å². The number of hydrogen-bond acceptors (Lipinski definition) is 2. The van der Waals surface area contributed by atoms with Gasteiger partial charge in [0, 0.05) is 18.8 Å². The molecule has 1 aromatic rings. The van der Waals surface area contributed by atoms with E-state index in [2.05, 4.69) is 5.32 Å². The zero-order valence-corrected chi connectivity index (χ0v) is 13.3. The topological polar surface area (TPSA) is 49.4 Å². The van der Waals surface area contributed by atoms with Gasteiger partial charge in [-0.1, -0.05) is 23.2 Å². The van der Waals surface area contributed by atoms with E-state index in [1.54, 1.807) is 0 Å². The van der Waals surface area contributed by atoms with Gasteiger partial charge in [0.25, 0.3) is 0 Å². The van der Waals surface area contributed by atoms with E-state index in [9.17, 15) is 22.8 Å². The van der Waals surface area contributed by atoms with Crippen molar-refractivity contribution in [1.29, 1.82) is 0 Å². The molecule has 1 N–H and O–H groups in total. The average Bonchev–Trinajstić information content (AvgIpc) is 2.49. The molecular weight excluding hydrogens is 356 g/mol. The zero-order chi connectivity index (χ0) is 17.2. The van der Waals surface area contributed by atoms with Crippen molar-refractivity contribution in [3.05, 3.63) is 28.2 Å². The Labute approximate surface area is 140 Å². The first kappa shape index (κ1) is 17.9. The van der Waals surface area contributed by atoms with Crippen LogP contribution in [0.25, 0.3) is 0 Å². The van der Waals surface area contributed by atoms with Gasteiger partial charge in [0.2, 0.25) is 5.91 Å². The molecule has 1 atom stereocenters. The summed E-state index contributed by atoms with van der Waals surface area (Å²) < 4.78 is 37.4. The average molecular weight is 369 g/mol. The van der Waals surface area contributed by atoms with Gasteiger partial charge in [0.05, 0.1) is 16.0 Å². The van der Waals surface area contributed by atoms with Crippen LogP contribution in [0.3, 0.4) is 0 Å². The van der Waals surface area contributed by atoms with Crippen LogP contribution < -0.4 is 5.32 Å². The highest BCUT2D eigenvalue weighted by molar-refractivity contribution is 6.42. The van der Waals surface area contributed by atoms with E-state index in [4.69, 9.17) is 23.2 Å². The van der Waals surface area contributed by atoms with Gasteiger partial charge in [-0.15, -0.1) is 0 Å². The molecule has 0 bridgehead atoms. The number of carbonyl (C=O) groups excluding carboxylic acids is 2. The summed E-state index contributed by atoms with van der Waals surface area (Å²) >= 11 is 11.6. The quantitative estimate of drug-likeness (QED) is 0.864. The summed E-state index contributed by atoms with van der Waals surface area (Å²) in [6.45, 7) is -0.263. The van der Waals surface area contributed by atoms with Crippen LogP contribution in [-0.2, 0) is 9.59 Å². The Morgan fingerprint density at radius 3 is 2.52 bits per heavy atom. The van der Waals surface area contributed by atoms with E-state index in [0.717, 1.165) is 0 Å². The van der Waals surface area contributed by atoms with Crippen LogP contribution in [0, 0.1) is 5.92 Å². The Kier molecular flexibility index (Phi) is 5.41. The number of amides is 2. The Hall–Kier alpha value is -1.47. The van der Waals surface area contributed by atoms with Crippen molar-refractivity contribution in [2.45, 2.75) is 19.0 Å². The lowest BCUT2D eigenvalue weighted by atomic mass is 9.97. The summed E-state index contributed by atoms with van der Waals surface area (Å²) in [4.78, 5) is 24.1. The molecule has 0 saturated carbocycles. The first-order chi connectivity index (χ1) is 10.7. The van der Waals surface area contributed by atoms with Crippen molar-refractivity contribution < 1.29 is 22.8 Å². The Bertz CT molecular complexity index is 623. The predicted octanol–water partition coefficient (Wildman–Crippen LogP) is 3.73. The standard InChI is InChI=1S/C14H13Cl2F3N2O2/c15-10-4-3-9(6-11(10)16)20-12(22)8-2-1-5-21(7-8)13(23)14(17,18)19/h3-4,6,8H,1-2,5,7H2,(H,20,22). The second kappa shape index (κ2) is 6.97. The molecule has 23 heavy (non-hydrogen) atoms. The summed E-state index contributed by atoms with van der Waals surface area (Å²) in [7, 11) is 0. The first-order valence-electron chi connectivity index (χ1n) is 6.80. The third kappa shape index (κ3) is 4.51. The highest BCUT2D eigenvalue weighted by atomic mass is 35.5. The van der Waals surface area contributed by atoms with E-state index in [-0.39, 0.29) is 18.1 Å². The summed E-state index contributed by atoms with van der Waals surface area (Å²) in [5.41, 5.74) is 0.392. The molecule has 2 amide bonds. The number of piperidine rings is 1. The number of anilines is 1. The number of carbonyl (C=O) groups is 2. The van der Waals surface area contributed by atoms with Crippen LogP contribution in [0.2, 0.25) is 10.0 Å². The number of nitrogens with one attached hydrogen (secondary N) is 1. The van der Waals surface area contributed by atoms with Gasteiger partial charge < -0.3 is 10.2 Å². The highest BCUT2D eigenvalue weighted by Crippen LogP contribution is 2.27. The lowest BCUT2D eigenvalue weighted by molar-refractivity contribution is -0.187. The fraction of sp³-hybridized carbons (Fsp3) is 0.429. The number of alkyl halides is 3. The number of likely N-dealkylation sites (tertiary alicyclic amines) is 1. The Balaban J connectivity index is 2.02. The van der Waals surface area contributed by atoms with Crippen LogP contribution >= 0.6 is 23.2 Å². The van der Waals surface area contributed by atoms with Crippen LogP contribution in [0.5, 0.6) is 0 Å². The molecule has 4 nitrogen and oxygen atoms in total. The number of halogens is 5. The Morgan fingerprint density at radius 1 is 1.22 bits per heavy atom. The van der Waals surface area contributed by atoms with Gasteiger partial charge >= 0.3 is 12.1 Å². The lowest BCUT2D eigenvalue weighted by Gasteiger charge is -2.32. The van der Waals surface area contributed by atoms with Gasteiger partial charge in [-0.05, 0) is 31.0 Å². The normalized spacial score (nSPS) is 18.7. The molecule has 126 valence electrons. The number of rotatable bonds is 2. The number of nitrogens with zero attached hydrogens (tertiary/aromatic N) is 1. The third-order valence-corrected chi connectivity index (χ3v) is 4.25. The van der Waals surface area contributed by atoms with Crippen LogP contribution in [0.15, 0.2) is 18.2 Å². The molecule has 1 fully saturated rings. The molecule has 2 rings (SSSR count). The van der Waals surface area contributed by atoms with Crippen LogP contribution in [0.4, 0.5) is 18.9 Å². The molecule has 0 aromatic heterocycles. The van der Waals surface area contributed by atoms with E-state index in [1.807, 2.05) is 0 Å². The van der Waals surface area contributed by atoms with Gasteiger partial charge in [-0.3, -0.25) is 9.59 Å². The van der Waals surface area contributed by atoms with Crippen molar-refractivity contribution in [2.24, 2.45) is 5.92 Å². The fourth-order valence-electron chi connectivity index (χ4n) is 2.37.